The molecule has 1 heterocycles. The van der Waals surface area contributed by atoms with Crippen molar-refractivity contribution in [3.05, 3.63) is 60.2 Å². The summed E-state index contributed by atoms with van der Waals surface area (Å²) in [7, 11) is 0. The molecule has 2 aromatic carbocycles. The monoisotopic (exact) mass is 447 g/mol. The number of carbonyl (C=O) groups is 1. The number of nitrogens with zero attached hydrogens (tertiary/aromatic N) is 2. The van der Waals surface area contributed by atoms with Gasteiger partial charge in [0.25, 0.3) is 11.8 Å². The lowest BCUT2D eigenvalue weighted by Gasteiger charge is -2.21. The van der Waals surface area contributed by atoms with E-state index in [9.17, 15) is 4.79 Å². The molecule has 0 unspecified atom stereocenters. The molecule has 3 rings (SSSR count). The van der Waals surface area contributed by atoms with Gasteiger partial charge in [0, 0.05) is 17.4 Å². The molecule has 0 fully saturated rings. The number of amides is 1. The van der Waals surface area contributed by atoms with Crippen LogP contribution in [0.15, 0.2) is 64.8 Å². The fraction of sp³-hybridized carbons (Fsp3) is 0.250. The van der Waals surface area contributed by atoms with Crippen LogP contribution in [0.2, 0.25) is 0 Å². The van der Waals surface area contributed by atoms with E-state index >= 15 is 0 Å². The number of rotatable bonds is 9. The smallest absolute Gasteiger partial charge is 0.381 e. The molecular weight excluding hydrogens is 425 g/mol. The topological polar surface area (TPSA) is 90.7 Å². The molecule has 158 valence electrons. The average molecular weight is 447 g/mol. The molecule has 1 N–H and O–H groups in total. The van der Waals surface area contributed by atoms with Gasteiger partial charge < -0.3 is 14.6 Å². The number of ether oxygens (including phenoxy) is 1. The molecule has 0 radical (unpaired) electrons. The van der Waals surface area contributed by atoms with Crippen LogP contribution in [0.25, 0.3) is 0 Å². The highest BCUT2D eigenvalue weighted by molar-refractivity contribution is 8.07. The lowest BCUT2D eigenvalue weighted by Crippen LogP contribution is -2.17. The van der Waals surface area contributed by atoms with Crippen molar-refractivity contribution in [2.24, 2.45) is 10.2 Å². The quantitative estimate of drug-likeness (QED) is 0.269. The minimum atomic E-state index is -3.09. The summed E-state index contributed by atoms with van der Waals surface area (Å²) in [4.78, 5) is 12.3. The van der Waals surface area contributed by atoms with Crippen LogP contribution in [-0.4, -0.2) is 37.3 Å². The first kappa shape index (κ1) is 22.1. The number of anilines is 1. The van der Waals surface area contributed by atoms with E-state index in [1.165, 1.54) is 0 Å². The third kappa shape index (κ3) is 5.73. The zero-order chi connectivity index (χ0) is 21.4. The maximum absolute atomic E-state index is 12.3. The number of nitrogens with one attached hydrogen (secondary N) is 1. The molecular formula is C20H22N3O5PS. The normalized spacial score (nSPS) is 15.1. The second-order valence-corrected chi connectivity index (χ2v) is 8.85. The molecule has 30 heavy (non-hydrogen) atoms. The van der Waals surface area contributed by atoms with Crippen molar-refractivity contribution in [3.63, 3.8) is 0 Å². The van der Waals surface area contributed by atoms with E-state index in [4.69, 9.17) is 30.1 Å². The van der Waals surface area contributed by atoms with Crippen molar-refractivity contribution >= 4 is 41.7 Å². The van der Waals surface area contributed by atoms with Gasteiger partial charge in [-0.1, -0.05) is 36.4 Å². The Morgan fingerprint density at radius 3 is 2.40 bits per heavy atom. The Balaban J connectivity index is 1.88. The van der Waals surface area contributed by atoms with Gasteiger partial charge in [0.1, 0.15) is 5.75 Å². The van der Waals surface area contributed by atoms with Crippen molar-refractivity contribution in [2.45, 2.75) is 13.8 Å². The van der Waals surface area contributed by atoms with Crippen molar-refractivity contribution < 1.29 is 23.1 Å². The van der Waals surface area contributed by atoms with Crippen LogP contribution >= 0.6 is 6.72 Å². The van der Waals surface area contributed by atoms with Crippen LogP contribution in [0.5, 0.6) is 5.75 Å². The molecule has 0 saturated heterocycles. The van der Waals surface area contributed by atoms with E-state index in [1.54, 1.807) is 38.1 Å². The van der Waals surface area contributed by atoms with E-state index < -0.39 is 6.72 Å². The van der Waals surface area contributed by atoms with E-state index in [0.29, 0.717) is 30.2 Å². The minimum absolute atomic E-state index is 0.0498. The van der Waals surface area contributed by atoms with Crippen LogP contribution in [0, 0.1) is 0 Å². The second kappa shape index (κ2) is 10.4. The Morgan fingerprint density at radius 2 is 1.70 bits per heavy atom. The first-order chi connectivity index (χ1) is 14.5. The highest BCUT2D eigenvalue weighted by atomic mass is 32.5. The largest absolute Gasteiger partial charge is 0.484 e. The number of hydrogen-bond acceptors (Lipinski definition) is 8. The molecule has 0 aromatic heterocycles. The van der Waals surface area contributed by atoms with E-state index in [0.717, 1.165) is 0 Å². The molecule has 10 heteroatoms. The standard InChI is InChI=1S/C20H22N3O5PS/c1-3-26-29(30,27-4-2)28-18(14-25-15-10-6-5-7-11-15)22-23-19-16-12-8-9-13-17(16)21-20(19)24/h5-13H,3-4,14H2,1-2H3,(H,21,23,24)/b22-18+. The van der Waals surface area contributed by atoms with E-state index in [-0.39, 0.29) is 24.1 Å². The number of fused-ring (bicyclic) bond motifs is 1. The number of benzene rings is 2. The van der Waals surface area contributed by atoms with Crippen LogP contribution in [0.3, 0.4) is 0 Å². The molecule has 1 aliphatic rings. The van der Waals surface area contributed by atoms with E-state index in [2.05, 4.69) is 15.5 Å². The summed E-state index contributed by atoms with van der Waals surface area (Å²) >= 11 is 5.42. The maximum atomic E-state index is 12.3. The number of carbonyl (C=O) groups excluding carboxylic acids is 1. The van der Waals surface area contributed by atoms with Crippen molar-refractivity contribution in [1.82, 2.24) is 0 Å². The third-order valence-electron chi connectivity index (χ3n) is 3.80. The summed E-state index contributed by atoms with van der Waals surface area (Å²) in [5.74, 6) is 0.317. The number of hydrogen-bond donors (Lipinski definition) is 1. The first-order valence-corrected chi connectivity index (χ1v) is 11.9. The fourth-order valence-electron chi connectivity index (χ4n) is 2.58. The van der Waals surface area contributed by atoms with Gasteiger partial charge in [-0.25, -0.2) is 0 Å². The molecule has 2 aromatic rings. The zero-order valence-electron chi connectivity index (χ0n) is 16.6. The summed E-state index contributed by atoms with van der Waals surface area (Å²) in [5.41, 5.74) is 1.50. The predicted octanol–water partition coefficient (Wildman–Crippen LogP) is 4.13. The fourth-order valence-corrected chi connectivity index (χ4v) is 4.63. The summed E-state index contributed by atoms with van der Waals surface area (Å²) in [6, 6.07) is 16.4. The Bertz CT molecular complexity index is 987. The Labute approximate surface area is 180 Å². The Morgan fingerprint density at radius 1 is 1.03 bits per heavy atom. The third-order valence-corrected chi connectivity index (χ3v) is 6.24. The molecule has 8 nitrogen and oxygen atoms in total. The summed E-state index contributed by atoms with van der Waals surface area (Å²) in [5, 5.41) is 11.0. The van der Waals surface area contributed by atoms with Crippen LogP contribution in [0.4, 0.5) is 5.69 Å². The molecule has 1 aliphatic heterocycles. The second-order valence-electron chi connectivity index (χ2n) is 5.92. The van der Waals surface area contributed by atoms with Crippen LogP contribution in [0.1, 0.15) is 19.4 Å². The van der Waals surface area contributed by atoms with Crippen LogP contribution in [-0.2, 0) is 30.2 Å². The first-order valence-electron chi connectivity index (χ1n) is 9.36. The molecule has 0 saturated carbocycles. The molecule has 0 aliphatic carbocycles. The lowest BCUT2D eigenvalue weighted by molar-refractivity contribution is -0.110. The zero-order valence-corrected chi connectivity index (χ0v) is 18.3. The average Bonchev–Trinajstić information content (AvgIpc) is 3.06. The maximum Gasteiger partial charge on any atom is 0.381 e. The molecule has 1 amide bonds. The van der Waals surface area contributed by atoms with E-state index in [1.807, 2.05) is 30.3 Å². The Hall–Kier alpha value is -2.58. The summed E-state index contributed by atoms with van der Waals surface area (Å²) < 4.78 is 22.5. The summed E-state index contributed by atoms with van der Waals surface area (Å²) in [6.07, 6.45) is 0. The van der Waals surface area contributed by atoms with Gasteiger partial charge in [0.15, 0.2) is 12.3 Å². The lowest BCUT2D eigenvalue weighted by atomic mass is 10.1. The van der Waals surface area contributed by atoms with Gasteiger partial charge in [-0.3, -0.25) is 13.8 Å². The predicted molar refractivity (Wildman–Crippen MR) is 120 cm³/mol. The number of para-hydroxylation sites is 2. The van der Waals surface area contributed by atoms with Crippen molar-refractivity contribution in [3.8, 4) is 5.75 Å². The van der Waals surface area contributed by atoms with Gasteiger partial charge in [0.05, 0.1) is 18.9 Å². The van der Waals surface area contributed by atoms with Crippen molar-refractivity contribution in [2.75, 3.05) is 25.1 Å². The SMILES string of the molecule is CCOP(=S)(OCC)O/C(COc1ccccc1)=N/N=C1\C(=O)Nc2ccccc21. The summed E-state index contributed by atoms with van der Waals surface area (Å²) in [6.45, 7) is 1.06. The highest BCUT2D eigenvalue weighted by Gasteiger charge is 2.27. The van der Waals surface area contributed by atoms with Gasteiger partial charge in [-0.15, -0.1) is 10.2 Å². The molecule has 0 atom stereocenters. The van der Waals surface area contributed by atoms with Gasteiger partial charge in [-0.05, 0) is 32.0 Å². The van der Waals surface area contributed by atoms with Crippen molar-refractivity contribution in [1.29, 1.82) is 0 Å². The Kier molecular flexibility index (Phi) is 7.70. The molecule has 0 bridgehead atoms. The van der Waals surface area contributed by atoms with Gasteiger partial charge in [0.2, 0.25) is 0 Å². The molecule has 0 spiro atoms. The van der Waals surface area contributed by atoms with Gasteiger partial charge in [-0.2, -0.15) is 0 Å². The van der Waals surface area contributed by atoms with Gasteiger partial charge >= 0.3 is 6.72 Å². The minimum Gasteiger partial charge on any atom is -0.484 e. The van der Waals surface area contributed by atoms with Crippen LogP contribution < -0.4 is 10.1 Å². The highest BCUT2D eigenvalue weighted by Crippen LogP contribution is 2.50.